The van der Waals surface area contributed by atoms with E-state index in [9.17, 15) is 9.90 Å². The van der Waals surface area contributed by atoms with E-state index in [0.717, 1.165) is 37.5 Å². The highest BCUT2D eigenvalue weighted by molar-refractivity contribution is 5.71. The molecule has 25 heavy (non-hydrogen) atoms. The van der Waals surface area contributed by atoms with E-state index in [1.165, 1.54) is 31.5 Å². The number of aliphatic carboxylic acids is 1. The van der Waals surface area contributed by atoms with Crippen LogP contribution in [0.25, 0.3) is 0 Å². The molecule has 0 aromatic carbocycles. The predicted octanol–water partition coefficient (Wildman–Crippen LogP) is 4.31. The van der Waals surface area contributed by atoms with Crippen molar-refractivity contribution in [3.8, 4) is 0 Å². The maximum absolute atomic E-state index is 11.8. The second-order valence-corrected chi connectivity index (χ2v) is 9.74. The van der Waals surface area contributed by atoms with Gasteiger partial charge in [-0.3, -0.25) is 4.79 Å². The first-order valence-corrected chi connectivity index (χ1v) is 10.2. The van der Waals surface area contributed by atoms with Crippen LogP contribution >= 0.6 is 0 Å². The van der Waals surface area contributed by atoms with Crippen LogP contribution in [0.4, 0.5) is 0 Å². The molecule has 5 rings (SSSR count). The quantitative estimate of drug-likeness (QED) is 0.827. The van der Waals surface area contributed by atoms with Crippen LogP contribution in [-0.4, -0.2) is 20.6 Å². The molecule has 7 unspecified atom stereocenters. The summed E-state index contributed by atoms with van der Waals surface area (Å²) in [7, 11) is 0. The van der Waals surface area contributed by atoms with E-state index >= 15 is 0 Å². The number of fused-ring (bicyclic) bond motifs is 7. The Bertz CT molecular complexity index is 713. The van der Waals surface area contributed by atoms with Gasteiger partial charge in [-0.15, -0.1) is 0 Å². The first kappa shape index (κ1) is 15.9. The number of nitrogens with zero attached hydrogens (tertiary/aromatic N) is 2. The van der Waals surface area contributed by atoms with E-state index in [1.807, 2.05) is 6.20 Å². The Morgan fingerprint density at radius 2 is 1.92 bits per heavy atom. The van der Waals surface area contributed by atoms with Crippen molar-refractivity contribution in [1.29, 1.82) is 0 Å². The van der Waals surface area contributed by atoms with Crippen molar-refractivity contribution in [3.63, 3.8) is 0 Å². The van der Waals surface area contributed by atoms with Gasteiger partial charge < -0.3 is 9.67 Å². The van der Waals surface area contributed by atoms with Gasteiger partial charge in [0.15, 0.2) is 0 Å². The first-order chi connectivity index (χ1) is 11.9. The third kappa shape index (κ3) is 1.94. The van der Waals surface area contributed by atoms with Gasteiger partial charge in [0.1, 0.15) is 5.82 Å². The molecule has 0 spiro atoms. The lowest BCUT2D eigenvalue weighted by molar-refractivity contribution is -0.151. The molecule has 4 aliphatic rings. The Kier molecular flexibility index (Phi) is 3.25. The number of carbonyl (C=O) groups is 1. The highest BCUT2D eigenvalue weighted by atomic mass is 16.4. The normalized spacial score (nSPS) is 48.2. The van der Waals surface area contributed by atoms with E-state index in [0.29, 0.717) is 17.4 Å². The number of rotatable bonds is 1. The predicted molar refractivity (Wildman–Crippen MR) is 95.1 cm³/mol. The second kappa shape index (κ2) is 5.11. The maximum atomic E-state index is 11.8. The molecular formula is C21H30N2O2. The number of hydrogen-bond acceptors (Lipinski definition) is 2. The molecule has 0 radical (unpaired) electrons. The van der Waals surface area contributed by atoms with Gasteiger partial charge in [-0.1, -0.05) is 13.8 Å². The summed E-state index contributed by atoms with van der Waals surface area (Å²) in [6.45, 7) is 4.83. The molecule has 1 aliphatic heterocycles. The van der Waals surface area contributed by atoms with Crippen LogP contribution in [0.5, 0.6) is 0 Å². The summed E-state index contributed by atoms with van der Waals surface area (Å²) in [5.74, 6) is 2.71. The molecular weight excluding hydrogens is 312 g/mol. The lowest BCUT2D eigenvalue weighted by Crippen LogP contribution is -2.54. The molecule has 1 aromatic rings. The van der Waals surface area contributed by atoms with E-state index in [-0.39, 0.29) is 11.3 Å². The highest BCUT2D eigenvalue weighted by Gasteiger charge is 2.61. The number of aryl methyl sites for hydroxylation is 1. The topological polar surface area (TPSA) is 55.1 Å². The van der Waals surface area contributed by atoms with Crippen LogP contribution in [-0.2, 0) is 11.2 Å². The van der Waals surface area contributed by atoms with Gasteiger partial charge in [0, 0.05) is 24.9 Å². The summed E-state index contributed by atoms with van der Waals surface area (Å²) in [5.41, 5.74) is 0.393. The number of aromatic nitrogens is 2. The van der Waals surface area contributed by atoms with Crippen molar-refractivity contribution in [2.45, 2.75) is 71.3 Å². The average Bonchev–Trinajstić information content (AvgIpc) is 3.17. The molecule has 3 saturated carbocycles. The number of imidazole rings is 1. The Morgan fingerprint density at radius 1 is 1.12 bits per heavy atom. The minimum atomic E-state index is -0.552. The fraction of sp³-hybridized carbons (Fsp3) is 0.810. The van der Waals surface area contributed by atoms with E-state index < -0.39 is 5.97 Å². The monoisotopic (exact) mass is 342 g/mol. The third-order valence-electron chi connectivity index (χ3n) is 9.09. The lowest BCUT2D eigenvalue weighted by Gasteiger charge is -2.60. The van der Waals surface area contributed by atoms with Crippen LogP contribution < -0.4 is 0 Å². The molecule has 0 bridgehead atoms. The van der Waals surface area contributed by atoms with Gasteiger partial charge in [-0.25, -0.2) is 4.98 Å². The SMILES string of the molecule is CC12CCC3C(CCC4n5ccnc5CCC34C)C1CCC2C(=O)O. The zero-order chi connectivity index (χ0) is 17.4. The molecule has 1 N–H and O–H groups in total. The minimum absolute atomic E-state index is 0.0328. The number of carboxylic acids is 1. The van der Waals surface area contributed by atoms with Crippen molar-refractivity contribution < 1.29 is 9.90 Å². The lowest BCUT2D eigenvalue weighted by atomic mass is 9.47. The van der Waals surface area contributed by atoms with Gasteiger partial charge in [0.2, 0.25) is 0 Å². The average molecular weight is 342 g/mol. The standard InChI is InChI=1S/C21H30N2O2/c1-20-9-7-15-13(14(20)4-5-16(20)19(24)25)3-6-17-21(15,2)10-8-18-22-11-12-23(17)18/h11-17H,3-10H2,1-2H3,(H,24,25). The molecule has 0 saturated heterocycles. The van der Waals surface area contributed by atoms with Crippen LogP contribution in [0.1, 0.15) is 70.7 Å². The molecule has 2 heterocycles. The Morgan fingerprint density at radius 3 is 2.72 bits per heavy atom. The third-order valence-corrected chi connectivity index (χ3v) is 9.09. The summed E-state index contributed by atoms with van der Waals surface area (Å²) >= 11 is 0. The zero-order valence-corrected chi connectivity index (χ0v) is 15.4. The van der Waals surface area contributed by atoms with Crippen molar-refractivity contribution in [2.24, 2.45) is 34.5 Å². The Labute approximate surface area is 150 Å². The van der Waals surface area contributed by atoms with Crippen LogP contribution in [0, 0.1) is 34.5 Å². The van der Waals surface area contributed by atoms with Crippen molar-refractivity contribution in [2.75, 3.05) is 0 Å². The molecule has 3 aliphatic carbocycles. The van der Waals surface area contributed by atoms with Gasteiger partial charge in [-0.05, 0) is 73.5 Å². The summed E-state index contributed by atoms with van der Waals surface area (Å²) in [6.07, 6.45) is 13.4. The molecule has 3 fully saturated rings. The fourth-order valence-corrected chi connectivity index (χ4v) is 7.85. The van der Waals surface area contributed by atoms with E-state index in [1.54, 1.807) is 0 Å². The van der Waals surface area contributed by atoms with Crippen molar-refractivity contribution in [1.82, 2.24) is 9.55 Å². The Balaban J connectivity index is 1.49. The van der Waals surface area contributed by atoms with Gasteiger partial charge in [-0.2, -0.15) is 0 Å². The maximum Gasteiger partial charge on any atom is 0.307 e. The smallest absolute Gasteiger partial charge is 0.307 e. The summed E-state index contributed by atoms with van der Waals surface area (Å²) in [5, 5.41) is 9.73. The molecule has 7 atom stereocenters. The zero-order valence-electron chi connectivity index (χ0n) is 15.4. The van der Waals surface area contributed by atoms with Crippen LogP contribution in [0.15, 0.2) is 12.4 Å². The molecule has 0 amide bonds. The summed E-state index contributed by atoms with van der Waals surface area (Å²) in [6, 6.07) is 0.598. The highest BCUT2D eigenvalue weighted by Crippen LogP contribution is 2.67. The summed E-state index contributed by atoms with van der Waals surface area (Å²) < 4.78 is 2.47. The number of carboxylic acid groups (broad SMARTS) is 1. The van der Waals surface area contributed by atoms with E-state index in [4.69, 9.17) is 0 Å². The molecule has 1 aromatic heterocycles. The molecule has 4 nitrogen and oxygen atoms in total. The van der Waals surface area contributed by atoms with Gasteiger partial charge >= 0.3 is 5.97 Å². The Hall–Kier alpha value is -1.32. The second-order valence-electron chi connectivity index (χ2n) is 9.74. The van der Waals surface area contributed by atoms with Crippen molar-refractivity contribution >= 4 is 5.97 Å². The van der Waals surface area contributed by atoms with E-state index in [2.05, 4.69) is 29.6 Å². The summed E-state index contributed by atoms with van der Waals surface area (Å²) in [4.78, 5) is 16.4. The minimum Gasteiger partial charge on any atom is -0.481 e. The van der Waals surface area contributed by atoms with Crippen LogP contribution in [0.2, 0.25) is 0 Å². The fourth-order valence-electron chi connectivity index (χ4n) is 7.85. The first-order valence-electron chi connectivity index (χ1n) is 10.2. The van der Waals surface area contributed by atoms with Gasteiger partial charge in [0.05, 0.1) is 5.92 Å². The number of hydrogen-bond donors (Lipinski definition) is 1. The van der Waals surface area contributed by atoms with Gasteiger partial charge in [0.25, 0.3) is 0 Å². The van der Waals surface area contributed by atoms with Crippen LogP contribution in [0.3, 0.4) is 0 Å². The largest absolute Gasteiger partial charge is 0.481 e. The van der Waals surface area contributed by atoms with Crippen molar-refractivity contribution in [3.05, 3.63) is 18.2 Å². The molecule has 136 valence electrons. The molecule has 4 heteroatoms.